The molecule has 0 bridgehead atoms. The Bertz CT molecular complexity index is 251. The highest BCUT2D eigenvalue weighted by atomic mass is 16.6. The van der Waals surface area contributed by atoms with E-state index < -0.39 is 6.10 Å². The summed E-state index contributed by atoms with van der Waals surface area (Å²) in [4.78, 5) is 14.1. The summed E-state index contributed by atoms with van der Waals surface area (Å²) in [6.07, 6.45) is 0.567. The number of carbonyl (C=O) groups excluding carboxylic acids is 1. The van der Waals surface area contributed by atoms with Gasteiger partial charge in [0.15, 0.2) is 6.10 Å². The summed E-state index contributed by atoms with van der Waals surface area (Å²) in [6, 6.07) is 0. The van der Waals surface area contributed by atoms with Gasteiger partial charge in [0.05, 0.1) is 19.8 Å². The Morgan fingerprint density at radius 1 is 1.33 bits per heavy atom. The molecular formula is C12H23N3O3. The van der Waals surface area contributed by atoms with Gasteiger partial charge in [-0.2, -0.15) is 0 Å². The van der Waals surface area contributed by atoms with Gasteiger partial charge in [0, 0.05) is 32.7 Å². The minimum absolute atomic E-state index is 0.0463. The van der Waals surface area contributed by atoms with Gasteiger partial charge >= 0.3 is 0 Å². The van der Waals surface area contributed by atoms with E-state index in [0.717, 1.165) is 39.1 Å². The molecule has 2 aliphatic rings. The number of nitrogens with one attached hydrogen (secondary N) is 2. The summed E-state index contributed by atoms with van der Waals surface area (Å²) in [7, 11) is 0. The molecule has 2 N–H and O–H groups in total. The standard InChI is InChI=1S/C12H23N3O3/c16-12(11-10-17-8-9-18-11)14-2-1-5-15-6-3-13-4-7-15/h11,13H,1-10H2,(H,14,16). The van der Waals surface area contributed by atoms with Crippen molar-refractivity contribution in [2.75, 3.05) is 59.1 Å². The number of hydrogen-bond donors (Lipinski definition) is 2. The van der Waals surface area contributed by atoms with Crippen molar-refractivity contribution < 1.29 is 14.3 Å². The molecule has 1 unspecified atom stereocenters. The third-order valence-corrected chi connectivity index (χ3v) is 3.27. The maximum atomic E-state index is 11.7. The van der Waals surface area contributed by atoms with Crippen molar-refractivity contribution in [1.29, 1.82) is 0 Å². The van der Waals surface area contributed by atoms with Crippen LogP contribution in [0.1, 0.15) is 6.42 Å². The number of carbonyl (C=O) groups is 1. The van der Waals surface area contributed by atoms with Crippen LogP contribution in [0, 0.1) is 0 Å². The second kappa shape index (κ2) is 7.68. The zero-order valence-corrected chi connectivity index (χ0v) is 10.8. The zero-order chi connectivity index (χ0) is 12.6. The number of hydrogen-bond acceptors (Lipinski definition) is 5. The van der Waals surface area contributed by atoms with Crippen molar-refractivity contribution in [1.82, 2.24) is 15.5 Å². The molecule has 0 aromatic carbocycles. The molecule has 2 heterocycles. The van der Waals surface area contributed by atoms with Gasteiger partial charge in [-0.15, -0.1) is 0 Å². The third-order valence-electron chi connectivity index (χ3n) is 3.27. The first-order valence-electron chi connectivity index (χ1n) is 6.76. The molecular weight excluding hydrogens is 234 g/mol. The maximum Gasteiger partial charge on any atom is 0.251 e. The van der Waals surface area contributed by atoms with Gasteiger partial charge in [-0.1, -0.05) is 0 Å². The highest BCUT2D eigenvalue weighted by molar-refractivity contribution is 5.80. The van der Waals surface area contributed by atoms with Gasteiger partial charge in [0.1, 0.15) is 0 Å². The van der Waals surface area contributed by atoms with E-state index in [-0.39, 0.29) is 5.91 Å². The zero-order valence-electron chi connectivity index (χ0n) is 10.8. The van der Waals surface area contributed by atoms with Crippen molar-refractivity contribution in [2.45, 2.75) is 12.5 Å². The number of ether oxygens (including phenoxy) is 2. The molecule has 2 saturated heterocycles. The molecule has 0 aromatic rings. The highest BCUT2D eigenvalue weighted by Crippen LogP contribution is 2.00. The van der Waals surface area contributed by atoms with E-state index in [9.17, 15) is 4.79 Å². The average molecular weight is 257 g/mol. The van der Waals surface area contributed by atoms with E-state index >= 15 is 0 Å². The van der Waals surface area contributed by atoms with Gasteiger partial charge in [-0.25, -0.2) is 0 Å². The number of amides is 1. The molecule has 6 heteroatoms. The molecule has 0 radical (unpaired) electrons. The molecule has 0 saturated carbocycles. The molecule has 2 fully saturated rings. The van der Waals surface area contributed by atoms with Crippen molar-refractivity contribution in [3.05, 3.63) is 0 Å². The van der Waals surface area contributed by atoms with Gasteiger partial charge in [0.25, 0.3) is 5.91 Å². The summed E-state index contributed by atoms with van der Waals surface area (Å²) in [5.41, 5.74) is 0. The molecule has 6 nitrogen and oxygen atoms in total. The molecule has 1 atom stereocenters. The fourth-order valence-corrected chi connectivity index (χ4v) is 2.20. The first-order chi connectivity index (χ1) is 8.86. The fraction of sp³-hybridized carbons (Fsp3) is 0.917. The Balaban J connectivity index is 1.52. The molecule has 0 aliphatic carbocycles. The molecule has 0 spiro atoms. The van der Waals surface area contributed by atoms with E-state index in [1.54, 1.807) is 0 Å². The van der Waals surface area contributed by atoms with Crippen molar-refractivity contribution in [2.24, 2.45) is 0 Å². The Morgan fingerprint density at radius 2 is 2.17 bits per heavy atom. The quantitative estimate of drug-likeness (QED) is 0.607. The minimum Gasteiger partial charge on any atom is -0.376 e. The first-order valence-corrected chi connectivity index (χ1v) is 6.76. The molecule has 0 aromatic heterocycles. The third kappa shape index (κ3) is 4.53. The number of rotatable bonds is 5. The summed E-state index contributed by atoms with van der Waals surface area (Å²) in [5, 5.41) is 6.23. The maximum absolute atomic E-state index is 11.7. The summed E-state index contributed by atoms with van der Waals surface area (Å²) in [5.74, 6) is -0.0463. The first kappa shape index (κ1) is 13.7. The second-order valence-corrected chi connectivity index (χ2v) is 4.67. The second-order valence-electron chi connectivity index (χ2n) is 4.67. The molecule has 2 rings (SSSR count). The van der Waals surface area contributed by atoms with E-state index in [2.05, 4.69) is 15.5 Å². The smallest absolute Gasteiger partial charge is 0.251 e. The molecule has 18 heavy (non-hydrogen) atoms. The SMILES string of the molecule is O=C(NCCCN1CCNCC1)C1COCCO1. The van der Waals surface area contributed by atoms with Gasteiger partial charge in [0.2, 0.25) is 0 Å². The normalized spacial score (nSPS) is 25.9. The van der Waals surface area contributed by atoms with Crippen molar-refractivity contribution in [3.63, 3.8) is 0 Å². The molecule has 2 aliphatic heterocycles. The van der Waals surface area contributed by atoms with Crippen LogP contribution in [-0.2, 0) is 14.3 Å². The van der Waals surface area contributed by atoms with Crippen LogP contribution in [0.25, 0.3) is 0 Å². The Labute approximate surface area is 108 Å². The molecule has 1 amide bonds. The van der Waals surface area contributed by atoms with E-state index in [4.69, 9.17) is 9.47 Å². The topological polar surface area (TPSA) is 62.8 Å². The number of nitrogens with zero attached hydrogens (tertiary/aromatic N) is 1. The molecule has 104 valence electrons. The van der Waals surface area contributed by atoms with Crippen molar-refractivity contribution >= 4 is 5.91 Å². The van der Waals surface area contributed by atoms with Crippen LogP contribution in [0.5, 0.6) is 0 Å². The minimum atomic E-state index is -0.419. The van der Waals surface area contributed by atoms with Gasteiger partial charge in [-0.3, -0.25) is 4.79 Å². The van der Waals surface area contributed by atoms with E-state index in [1.165, 1.54) is 0 Å². The predicted octanol–water partition coefficient (Wildman–Crippen LogP) is -1.19. The monoisotopic (exact) mass is 257 g/mol. The van der Waals surface area contributed by atoms with Crippen LogP contribution in [-0.4, -0.2) is 76.0 Å². The van der Waals surface area contributed by atoms with Crippen LogP contribution in [0.2, 0.25) is 0 Å². The van der Waals surface area contributed by atoms with Gasteiger partial charge in [-0.05, 0) is 13.0 Å². The predicted molar refractivity (Wildman–Crippen MR) is 67.5 cm³/mol. The van der Waals surface area contributed by atoms with E-state index in [1.807, 2.05) is 0 Å². The lowest BCUT2D eigenvalue weighted by atomic mass is 10.3. The Kier molecular flexibility index (Phi) is 5.86. The van der Waals surface area contributed by atoms with Gasteiger partial charge < -0.3 is 25.0 Å². The lowest BCUT2D eigenvalue weighted by molar-refractivity contribution is -0.147. The van der Waals surface area contributed by atoms with Crippen LogP contribution in [0.4, 0.5) is 0 Å². The van der Waals surface area contributed by atoms with Crippen LogP contribution in [0.3, 0.4) is 0 Å². The van der Waals surface area contributed by atoms with Crippen LogP contribution in [0.15, 0.2) is 0 Å². The summed E-state index contributed by atoms with van der Waals surface area (Å²) < 4.78 is 10.5. The van der Waals surface area contributed by atoms with Crippen LogP contribution >= 0.6 is 0 Å². The summed E-state index contributed by atoms with van der Waals surface area (Å²) in [6.45, 7) is 7.59. The largest absolute Gasteiger partial charge is 0.376 e. The lowest BCUT2D eigenvalue weighted by Crippen LogP contribution is -2.45. The lowest BCUT2D eigenvalue weighted by Gasteiger charge is -2.27. The summed E-state index contributed by atoms with van der Waals surface area (Å²) >= 11 is 0. The van der Waals surface area contributed by atoms with Crippen LogP contribution < -0.4 is 10.6 Å². The van der Waals surface area contributed by atoms with E-state index in [0.29, 0.717) is 26.4 Å². The average Bonchev–Trinajstić information content (AvgIpc) is 2.45. The Hall–Kier alpha value is -0.690. The highest BCUT2D eigenvalue weighted by Gasteiger charge is 2.21. The number of piperazine rings is 1. The van der Waals surface area contributed by atoms with Crippen molar-refractivity contribution in [3.8, 4) is 0 Å². The Morgan fingerprint density at radius 3 is 2.89 bits per heavy atom. The fourth-order valence-electron chi connectivity index (χ4n) is 2.20.